The fourth-order valence-corrected chi connectivity index (χ4v) is 1.80. The minimum atomic E-state index is -0.137. The van der Waals surface area contributed by atoms with Gasteiger partial charge in [-0.25, -0.2) is 0 Å². The summed E-state index contributed by atoms with van der Waals surface area (Å²) < 4.78 is 5.35. The van der Waals surface area contributed by atoms with E-state index in [9.17, 15) is 4.79 Å². The second-order valence-electron chi connectivity index (χ2n) is 5.22. The molecule has 0 aromatic heterocycles. The molecule has 0 saturated carbocycles. The number of amides is 1. The van der Waals surface area contributed by atoms with Gasteiger partial charge in [-0.15, -0.1) is 0 Å². The second kappa shape index (κ2) is 6.33. The quantitative estimate of drug-likeness (QED) is 0.710. The molecule has 1 fully saturated rings. The van der Waals surface area contributed by atoms with Crippen LogP contribution in [0.3, 0.4) is 0 Å². The Morgan fingerprint density at radius 2 is 2.29 bits per heavy atom. The van der Waals surface area contributed by atoms with Crippen LogP contribution in [0.15, 0.2) is 0 Å². The first kappa shape index (κ1) is 14.4. The first-order valence-electron chi connectivity index (χ1n) is 6.31. The summed E-state index contributed by atoms with van der Waals surface area (Å²) in [5.41, 5.74) is 5.53. The van der Waals surface area contributed by atoms with Crippen molar-refractivity contribution in [1.29, 1.82) is 0 Å². The van der Waals surface area contributed by atoms with Gasteiger partial charge in [-0.1, -0.05) is 6.92 Å². The lowest BCUT2D eigenvalue weighted by Gasteiger charge is -2.35. The van der Waals surface area contributed by atoms with Gasteiger partial charge in [0.2, 0.25) is 5.91 Å². The number of nitrogens with one attached hydrogen (secondary N) is 1. The summed E-state index contributed by atoms with van der Waals surface area (Å²) in [7, 11) is 0. The van der Waals surface area contributed by atoms with E-state index in [2.05, 4.69) is 17.1 Å². The fraction of sp³-hybridized carbons (Fsp3) is 0.917. The highest BCUT2D eigenvalue weighted by Crippen LogP contribution is 2.08. The standard InChI is InChI=1S/C12H25N3O2/c1-4-12(2,3)14-11(16)8-15-5-6-17-9-10(15)7-13/h10H,4-9,13H2,1-3H3,(H,14,16). The van der Waals surface area contributed by atoms with Crippen LogP contribution in [0.5, 0.6) is 0 Å². The third-order valence-corrected chi connectivity index (χ3v) is 3.33. The summed E-state index contributed by atoms with van der Waals surface area (Å²) in [5.74, 6) is 0.0669. The Morgan fingerprint density at radius 3 is 2.88 bits per heavy atom. The number of rotatable bonds is 5. The molecule has 1 rings (SSSR count). The molecule has 1 unspecified atom stereocenters. The van der Waals surface area contributed by atoms with Crippen LogP contribution < -0.4 is 11.1 Å². The normalized spacial score (nSPS) is 22.5. The maximum atomic E-state index is 11.9. The van der Waals surface area contributed by atoms with Crippen molar-refractivity contribution < 1.29 is 9.53 Å². The largest absolute Gasteiger partial charge is 0.378 e. The zero-order valence-electron chi connectivity index (χ0n) is 11.2. The molecule has 0 bridgehead atoms. The molecule has 5 heteroatoms. The van der Waals surface area contributed by atoms with Gasteiger partial charge in [-0.05, 0) is 20.3 Å². The molecule has 0 aromatic carbocycles. The van der Waals surface area contributed by atoms with E-state index >= 15 is 0 Å². The van der Waals surface area contributed by atoms with Crippen LogP contribution in [0.4, 0.5) is 0 Å². The Balaban J connectivity index is 2.44. The van der Waals surface area contributed by atoms with E-state index in [1.807, 2.05) is 13.8 Å². The van der Waals surface area contributed by atoms with E-state index in [0.717, 1.165) is 13.0 Å². The fourth-order valence-electron chi connectivity index (χ4n) is 1.80. The number of hydrogen-bond acceptors (Lipinski definition) is 4. The van der Waals surface area contributed by atoms with Crippen LogP contribution in [-0.4, -0.2) is 55.2 Å². The minimum absolute atomic E-state index is 0.0669. The highest BCUT2D eigenvalue weighted by molar-refractivity contribution is 5.78. The van der Waals surface area contributed by atoms with Gasteiger partial charge >= 0.3 is 0 Å². The van der Waals surface area contributed by atoms with Crippen molar-refractivity contribution in [2.75, 3.05) is 32.8 Å². The van der Waals surface area contributed by atoms with Gasteiger partial charge in [-0.2, -0.15) is 0 Å². The van der Waals surface area contributed by atoms with E-state index < -0.39 is 0 Å². The van der Waals surface area contributed by atoms with Gasteiger partial charge in [0, 0.05) is 24.7 Å². The van der Waals surface area contributed by atoms with Crippen molar-refractivity contribution in [3.63, 3.8) is 0 Å². The zero-order valence-corrected chi connectivity index (χ0v) is 11.2. The van der Waals surface area contributed by atoms with Crippen molar-refractivity contribution in [1.82, 2.24) is 10.2 Å². The van der Waals surface area contributed by atoms with Crippen LogP contribution in [0, 0.1) is 0 Å². The lowest BCUT2D eigenvalue weighted by molar-refractivity contribution is -0.126. The molecule has 3 N–H and O–H groups in total. The summed E-state index contributed by atoms with van der Waals surface area (Å²) in [5, 5.41) is 3.04. The number of nitrogens with two attached hydrogens (primary N) is 1. The van der Waals surface area contributed by atoms with Crippen LogP contribution in [0.25, 0.3) is 0 Å². The topological polar surface area (TPSA) is 67.6 Å². The summed E-state index contributed by atoms with van der Waals surface area (Å²) in [6, 6.07) is 0.166. The Bertz CT molecular complexity index is 256. The third kappa shape index (κ3) is 4.61. The first-order valence-corrected chi connectivity index (χ1v) is 6.31. The van der Waals surface area contributed by atoms with Crippen LogP contribution >= 0.6 is 0 Å². The van der Waals surface area contributed by atoms with E-state index in [-0.39, 0.29) is 17.5 Å². The maximum Gasteiger partial charge on any atom is 0.234 e. The second-order valence-corrected chi connectivity index (χ2v) is 5.22. The number of nitrogens with zero attached hydrogens (tertiary/aromatic N) is 1. The van der Waals surface area contributed by atoms with Crippen molar-refractivity contribution in [3.8, 4) is 0 Å². The molecule has 100 valence electrons. The number of ether oxygens (including phenoxy) is 1. The van der Waals surface area contributed by atoms with Crippen molar-refractivity contribution in [3.05, 3.63) is 0 Å². The monoisotopic (exact) mass is 243 g/mol. The Morgan fingerprint density at radius 1 is 1.59 bits per heavy atom. The lowest BCUT2D eigenvalue weighted by Crippen LogP contribution is -2.54. The van der Waals surface area contributed by atoms with Gasteiger partial charge in [0.1, 0.15) is 0 Å². The molecular formula is C12H25N3O2. The molecule has 1 saturated heterocycles. The molecule has 1 atom stereocenters. The van der Waals surface area contributed by atoms with Gasteiger partial charge in [0.05, 0.1) is 19.8 Å². The number of carbonyl (C=O) groups is 1. The third-order valence-electron chi connectivity index (χ3n) is 3.33. The molecule has 1 aliphatic heterocycles. The van der Waals surface area contributed by atoms with Crippen molar-refractivity contribution in [2.45, 2.75) is 38.8 Å². The van der Waals surface area contributed by atoms with Gasteiger partial charge in [0.15, 0.2) is 0 Å². The maximum absolute atomic E-state index is 11.9. The van der Waals surface area contributed by atoms with E-state index in [4.69, 9.17) is 10.5 Å². The number of hydrogen-bond donors (Lipinski definition) is 2. The van der Waals surface area contributed by atoms with E-state index in [1.165, 1.54) is 0 Å². The molecule has 5 nitrogen and oxygen atoms in total. The molecule has 0 aromatic rings. The SMILES string of the molecule is CCC(C)(C)NC(=O)CN1CCOCC1CN. The van der Waals surface area contributed by atoms with Crippen LogP contribution in [0.1, 0.15) is 27.2 Å². The molecule has 1 heterocycles. The highest BCUT2D eigenvalue weighted by atomic mass is 16.5. The zero-order chi connectivity index (χ0) is 12.9. The van der Waals surface area contributed by atoms with Crippen molar-refractivity contribution >= 4 is 5.91 Å². The summed E-state index contributed by atoms with van der Waals surface area (Å²) in [4.78, 5) is 14.0. The number of carbonyl (C=O) groups excluding carboxylic acids is 1. The minimum Gasteiger partial charge on any atom is -0.378 e. The molecular weight excluding hydrogens is 218 g/mol. The summed E-state index contributed by atoms with van der Waals surface area (Å²) in [6.07, 6.45) is 0.919. The molecule has 1 aliphatic rings. The van der Waals surface area contributed by atoms with Crippen LogP contribution in [0.2, 0.25) is 0 Å². The van der Waals surface area contributed by atoms with Gasteiger partial charge < -0.3 is 15.8 Å². The molecule has 0 spiro atoms. The molecule has 17 heavy (non-hydrogen) atoms. The molecule has 0 radical (unpaired) electrons. The smallest absolute Gasteiger partial charge is 0.234 e. The number of morpholine rings is 1. The molecule has 1 amide bonds. The van der Waals surface area contributed by atoms with E-state index in [0.29, 0.717) is 26.3 Å². The average Bonchev–Trinajstić information content (AvgIpc) is 2.29. The Kier molecular flexibility index (Phi) is 5.36. The summed E-state index contributed by atoms with van der Waals surface area (Å²) >= 11 is 0. The first-order chi connectivity index (χ1) is 7.98. The van der Waals surface area contributed by atoms with E-state index in [1.54, 1.807) is 0 Å². The summed E-state index contributed by atoms with van der Waals surface area (Å²) in [6.45, 7) is 9.16. The van der Waals surface area contributed by atoms with Gasteiger partial charge in [-0.3, -0.25) is 9.69 Å². The highest BCUT2D eigenvalue weighted by Gasteiger charge is 2.25. The van der Waals surface area contributed by atoms with Crippen molar-refractivity contribution in [2.24, 2.45) is 5.73 Å². The van der Waals surface area contributed by atoms with Gasteiger partial charge in [0.25, 0.3) is 0 Å². The average molecular weight is 243 g/mol. The Labute approximate surface area is 104 Å². The molecule has 0 aliphatic carbocycles. The van der Waals surface area contributed by atoms with Crippen LogP contribution in [-0.2, 0) is 9.53 Å². The Hall–Kier alpha value is -0.650. The lowest BCUT2D eigenvalue weighted by atomic mass is 10.0. The predicted octanol–water partition coefficient (Wildman–Crippen LogP) is -0.0493. The predicted molar refractivity (Wildman–Crippen MR) is 67.7 cm³/mol.